The molecule has 0 unspecified atom stereocenters. The molecule has 0 saturated heterocycles. The van der Waals surface area contributed by atoms with Crippen molar-refractivity contribution < 1.29 is 4.74 Å². The first-order valence-electron chi connectivity index (χ1n) is 4.90. The van der Waals surface area contributed by atoms with Crippen molar-refractivity contribution in [3.63, 3.8) is 0 Å². The van der Waals surface area contributed by atoms with Crippen LogP contribution in [0.15, 0.2) is 42.6 Å². The standard InChI is InChI=1S/C13H10N2O/c1-10-12(7-4-8-15-10)16-13-6-3-2-5-11(13)9-14/h2-8H,1H3. The van der Waals surface area contributed by atoms with E-state index in [1.165, 1.54) is 0 Å². The molecule has 2 rings (SSSR count). The van der Waals surface area contributed by atoms with Gasteiger partial charge in [0.25, 0.3) is 0 Å². The van der Waals surface area contributed by atoms with Gasteiger partial charge < -0.3 is 4.74 Å². The molecule has 1 heterocycles. The molecular formula is C13H10N2O. The van der Waals surface area contributed by atoms with Crippen LogP contribution in [0.2, 0.25) is 0 Å². The summed E-state index contributed by atoms with van der Waals surface area (Å²) < 4.78 is 5.65. The third-order valence-corrected chi connectivity index (χ3v) is 2.19. The molecule has 0 aliphatic carbocycles. The first-order valence-corrected chi connectivity index (χ1v) is 4.90. The van der Waals surface area contributed by atoms with Crippen LogP contribution in [0.3, 0.4) is 0 Å². The van der Waals surface area contributed by atoms with Crippen LogP contribution in [0.4, 0.5) is 0 Å². The maximum atomic E-state index is 8.92. The molecule has 1 aromatic heterocycles. The lowest BCUT2D eigenvalue weighted by Crippen LogP contribution is -1.91. The molecule has 3 heteroatoms. The molecular weight excluding hydrogens is 200 g/mol. The summed E-state index contributed by atoms with van der Waals surface area (Å²) in [5.74, 6) is 1.23. The Morgan fingerprint density at radius 2 is 1.88 bits per heavy atom. The number of para-hydroxylation sites is 1. The lowest BCUT2D eigenvalue weighted by atomic mass is 10.2. The Morgan fingerprint density at radius 3 is 2.62 bits per heavy atom. The molecule has 0 fully saturated rings. The zero-order valence-corrected chi connectivity index (χ0v) is 8.84. The lowest BCUT2D eigenvalue weighted by molar-refractivity contribution is 0.474. The van der Waals surface area contributed by atoms with E-state index in [2.05, 4.69) is 11.1 Å². The summed E-state index contributed by atoms with van der Waals surface area (Å²) in [5.41, 5.74) is 1.32. The maximum Gasteiger partial charge on any atom is 0.148 e. The molecule has 0 saturated carbocycles. The lowest BCUT2D eigenvalue weighted by Gasteiger charge is -2.08. The molecule has 0 bridgehead atoms. The first-order chi connectivity index (χ1) is 7.81. The average molecular weight is 210 g/mol. The third kappa shape index (κ3) is 2.01. The van der Waals surface area contributed by atoms with Gasteiger partial charge in [0.2, 0.25) is 0 Å². The van der Waals surface area contributed by atoms with E-state index < -0.39 is 0 Å². The molecule has 0 atom stereocenters. The summed E-state index contributed by atoms with van der Waals surface area (Å²) in [4.78, 5) is 4.12. The minimum absolute atomic E-state index is 0.519. The molecule has 78 valence electrons. The van der Waals surface area contributed by atoms with Crippen LogP contribution in [-0.4, -0.2) is 4.98 Å². The van der Waals surface area contributed by atoms with Crippen molar-refractivity contribution in [2.24, 2.45) is 0 Å². The van der Waals surface area contributed by atoms with Gasteiger partial charge in [0.15, 0.2) is 0 Å². The largest absolute Gasteiger partial charge is 0.454 e. The minimum Gasteiger partial charge on any atom is -0.454 e. The van der Waals surface area contributed by atoms with Gasteiger partial charge in [0.1, 0.15) is 17.6 Å². The maximum absolute atomic E-state index is 8.92. The summed E-state index contributed by atoms with van der Waals surface area (Å²) in [6.07, 6.45) is 1.71. The quantitative estimate of drug-likeness (QED) is 0.765. The summed E-state index contributed by atoms with van der Waals surface area (Å²) in [6, 6.07) is 12.9. The number of aromatic nitrogens is 1. The smallest absolute Gasteiger partial charge is 0.148 e. The van der Waals surface area contributed by atoms with E-state index in [1.807, 2.05) is 25.1 Å². The Labute approximate surface area is 93.9 Å². The molecule has 0 aliphatic rings. The number of hydrogen-bond donors (Lipinski definition) is 0. The van der Waals surface area contributed by atoms with Crippen molar-refractivity contribution in [3.05, 3.63) is 53.9 Å². The van der Waals surface area contributed by atoms with E-state index in [1.54, 1.807) is 24.4 Å². The number of nitrogens with zero attached hydrogens (tertiary/aromatic N) is 2. The summed E-state index contributed by atoms with van der Waals surface area (Å²) in [6.45, 7) is 1.87. The van der Waals surface area contributed by atoms with Crippen molar-refractivity contribution in [2.45, 2.75) is 6.92 Å². The second-order valence-electron chi connectivity index (χ2n) is 3.30. The van der Waals surface area contributed by atoms with Crippen LogP contribution >= 0.6 is 0 Å². The van der Waals surface area contributed by atoms with E-state index in [0.717, 1.165) is 5.69 Å². The number of aryl methyl sites for hydroxylation is 1. The van der Waals surface area contributed by atoms with Crippen LogP contribution in [0.25, 0.3) is 0 Å². The number of benzene rings is 1. The summed E-state index contributed by atoms with van der Waals surface area (Å²) in [7, 11) is 0. The van der Waals surface area contributed by atoms with Crippen LogP contribution in [0.5, 0.6) is 11.5 Å². The Hall–Kier alpha value is -2.34. The second kappa shape index (κ2) is 4.45. The number of nitriles is 1. The number of ether oxygens (including phenoxy) is 1. The molecule has 2 aromatic rings. The molecule has 16 heavy (non-hydrogen) atoms. The van der Waals surface area contributed by atoms with Crippen molar-refractivity contribution in [1.29, 1.82) is 5.26 Å². The van der Waals surface area contributed by atoms with E-state index in [-0.39, 0.29) is 0 Å². The Kier molecular flexibility index (Phi) is 2.84. The highest BCUT2D eigenvalue weighted by Gasteiger charge is 2.05. The highest BCUT2D eigenvalue weighted by molar-refractivity contribution is 5.45. The van der Waals surface area contributed by atoms with Crippen LogP contribution in [-0.2, 0) is 0 Å². The van der Waals surface area contributed by atoms with Crippen molar-refractivity contribution in [1.82, 2.24) is 4.98 Å². The predicted octanol–water partition coefficient (Wildman–Crippen LogP) is 3.05. The molecule has 0 amide bonds. The topological polar surface area (TPSA) is 45.9 Å². The molecule has 3 nitrogen and oxygen atoms in total. The highest BCUT2D eigenvalue weighted by atomic mass is 16.5. The summed E-state index contributed by atoms with van der Waals surface area (Å²) in [5, 5.41) is 8.92. The highest BCUT2D eigenvalue weighted by Crippen LogP contribution is 2.25. The van der Waals surface area contributed by atoms with Gasteiger partial charge >= 0.3 is 0 Å². The number of pyridine rings is 1. The first kappa shape index (κ1) is 10.2. The van der Waals surface area contributed by atoms with Gasteiger partial charge in [-0.1, -0.05) is 12.1 Å². The third-order valence-electron chi connectivity index (χ3n) is 2.19. The molecule has 0 aliphatic heterocycles. The Morgan fingerprint density at radius 1 is 1.12 bits per heavy atom. The van der Waals surface area contributed by atoms with Gasteiger partial charge in [0, 0.05) is 6.20 Å². The van der Waals surface area contributed by atoms with Gasteiger partial charge in [-0.15, -0.1) is 0 Å². The van der Waals surface area contributed by atoms with Crippen molar-refractivity contribution >= 4 is 0 Å². The monoisotopic (exact) mass is 210 g/mol. The van der Waals surface area contributed by atoms with Gasteiger partial charge in [-0.25, -0.2) is 0 Å². The second-order valence-corrected chi connectivity index (χ2v) is 3.30. The van der Waals surface area contributed by atoms with Gasteiger partial charge in [0.05, 0.1) is 11.3 Å². The molecule has 0 radical (unpaired) electrons. The van der Waals surface area contributed by atoms with E-state index in [0.29, 0.717) is 17.1 Å². The Bertz CT molecular complexity index is 544. The fourth-order valence-corrected chi connectivity index (χ4v) is 1.34. The summed E-state index contributed by atoms with van der Waals surface area (Å²) >= 11 is 0. The average Bonchev–Trinajstić information content (AvgIpc) is 2.33. The van der Waals surface area contributed by atoms with Crippen LogP contribution < -0.4 is 4.74 Å². The van der Waals surface area contributed by atoms with Crippen molar-refractivity contribution in [2.75, 3.05) is 0 Å². The minimum atomic E-state index is 0.519. The van der Waals surface area contributed by atoms with Gasteiger partial charge in [-0.2, -0.15) is 5.26 Å². The van der Waals surface area contributed by atoms with Gasteiger partial charge in [-0.3, -0.25) is 4.98 Å². The molecule has 0 N–H and O–H groups in total. The van der Waals surface area contributed by atoms with E-state index in [4.69, 9.17) is 10.00 Å². The van der Waals surface area contributed by atoms with Crippen molar-refractivity contribution in [3.8, 4) is 17.6 Å². The number of hydrogen-bond acceptors (Lipinski definition) is 3. The normalized spacial score (nSPS) is 9.50. The predicted molar refractivity (Wildman–Crippen MR) is 60.2 cm³/mol. The fourth-order valence-electron chi connectivity index (χ4n) is 1.34. The zero-order chi connectivity index (χ0) is 11.4. The Balaban J connectivity index is 2.35. The SMILES string of the molecule is Cc1ncccc1Oc1ccccc1C#N. The molecule has 0 spiro atoms. The van der Waals surface area contributed by atoms with E-state index in [9.17, 15) is 0 Å². The fraction of sp³-hybridized carbons (Fsp3) is 0.0769. The van der Waals surface area contributed by atoms with E-state index >= 15 is 0 Å². The number of rotatable bonds is 2. The van der Waals surface area contributed by atoms with Crippen LogP contribution in [0.1, 0.15) is 11.3 Å². The van der Waals surface area contributed by atoms with Gasteiger partial charge in [-0.05, 0) is 31.2 Å². The zero-order valence-electron chi connectivity index (χ0n) is 8.84. The van der Waals surface area contributed by atoms with Crippen LogP contribution in [0, 0.1) is 18.3 Å². The molecule has 1 aromatic carbocycles.